The van der Waals surface area contributed by atoms with Crippen molar-refractivity contribution < 1.29 is 4.84 Å². The maximum Gasteiger partial charge on any atom is 0.0679 e. The lowest BCUT2D eigenvalue weighted by Gasteiger charge is -2.07. The molecule has 0 spiro atoms. The van der Waals surface area contributed by atoms with E-state index in [1.807, 2.05) is 0 Å². The van der Waals surface area contributed by atoms with E-state index in [4.69, 9.17) is 5.90 Å². The van der Waals surface area contributed by atoms with E-state index in [0.29, 0.717) is 0 Å². The molecule has 2 nitrogen and oxygen atoms in total. The highest BCUT2D eigenvalue weighted by molar-refractivity contribution is 4.78. The molecule has 0 aliphatic heterocycles. The fraction of sp³-hybridized carbons (Fsp3) is 1.00. The molecule has 10 heavy (non-hydrogen) atoms. The summed E-state index contributed by atoms with van der Waals surface area (Å²) in [5.74, 6) is 6.83. The van der Waals surface area contributed by atoms with Crippen LogP contribution in [0.3, 0.4) is 0 Å². The monoisotopic (exact) mass is 143 g/mol. The third-order valence-electron chi connectivity index (χ3n) is 2.35. The van der Waals surface area contributed by atoms with Crippen molar-refractivity contribution in [2.75, 3.05) is 6.61 Å². The molecule has 0 bridgehead atoms. The molecule has 1 aliphatic rings. The molecule has 1 aliphatic carbocycles. The van der Waals surface area contributed by atoms with Gasteiger partial charge in [-0.25, -0.2) is 5.90 Å². The third-order valence-corrected chi connectivity index (χ3v) is 2.35. The van der Waals surface area contributed by atoms with Crippen LogP contribution in [0.15, 0.2) is 0 Å². The topological polar surface area (TPSA) is 35.2 Å². The fourth-order valence-electron chi connectivity index (χ4n) is 1.39. The van der Waals surface area contributed by atoms with Crippen LogP contribution >= 0.6 is 0 Å². The first-order valence-electron chi connectivity index (χ1n) is 4.16. The van der Waals surface area contributed by atoms with Gasteiger partial charge in [0.1, 0.15) is 0 Å². The lowest BCUT2D eigenvalue weighted by molar-refractivity contribution is 0.130. The van der Waals surface area contributed by atoms with Crippen molar-refractivity contribution in [3.63, 3.8) is 0 Å². The normalized spacial score (nSPS) is 21.0. The van der Waals surface area contributed by atoms with E-state index in [2.05, 4.69) is 11.8 Å². The minimum Gasteiger partial charge on any atom is -0.305 e. The molecule has 2 N–H and O–H groups in total. The van der Waals surface area contributed by atoms with E-state index in [0.717, 1.165) is 24.9 Å². The molecule has 1 saturated carbocycles. The second kappa shape index (κ2) is 3.94. The number of hydrogen-bond acceptors (Lipinski definition) is 2. The molecule has 0 aromatic rings. The minimum absolute atomic E-state index is 0.719. The molecular weight excluding hydrogens is 126 g/mol. The van der Waals surface area contributed by atoms with Crippen LogP contribution in [0, 0.1) is 11.8 Å². The molecule has 0 aromatic carbocycles. The third kappa shape index (κ3) is 2.67. The highest BCUT2D eigenvalue weighted by atomic mass is 16.6. The summed E-state index contributed by atoms with van der Waals surface area (Å²) in [5.41, 5.74) is 0. The molecule has 0 aromatic heterocycles. The van der Waals surface area contributed by atoms with Crippen molar-refractivity contribution in [1.29, 1.82) is 0 Å². The molecule has 1 unspecified atom stereocenters. The average Bonchev–Trinajstić information content (AvgIpc) is 2.69. The van der Waals surface area contributed by atoms with Crippen molar-refractivity contribution in [3.05, 3.63) is 0 Å². The number of hydrogen-bond donors (Lipinski definition) is 1. The first kappa shape index (κ1) is 8.02. The van der Waals surface area contributed by atoms with Gasteiger partial charge in [-0.15, -0.1) is 0 Å². The highest BCUT2D eigenvalue weighted by Gasteiger charge is 2.26. The van der Waals surface area contributed by atoms with Crippen LogP contribution in [0.2, 0.25) is 0 Å². The predicted molar refractivity (Wildman–Crippen MR) is 41.3 cm³/mol. The van der Waals surface area contributed by atoms with E-state index in [9.17, 15) is 0 Å². The molecule has 1 atom stereocenters. The Morgan fingerprint density at radius 2 is 2.30 bits per heavy atom. The molecule has 0 saturated heterocycles. The Balaban J connectivity index is 1.90. The van der Waals surface area contributed by atoms with Crippen molar-refractivity contribution in [1.82, 2.24) is 0 Å². The molecule has 1 rings (SSSR count). The van der Waals surface area contributed by atoms with E-state index in [1.165, 1.54) is 19.3 Å². The van der Waals surface area contributed by atoms with Gasteiger partial charge in [-0.2, -0.15) is 0 Å². The van der Waals surface area contributed by atoms with Crippen LogP contribution in [-0.4, -0.2) is 6.61 Å². The van der Waals surface area contributed by atoms with E-state index in [1.54, 1.807) is 0 Å². The Bertz CT molecular complexity index is 91.3. The quantitative estimate of drug-likeness (QED) is 0.469. The zero-order chi connectivity index (χ0) is 7.40. The van der Waals surface area contributed by atoms with Crippen LogP contribution < -0.4 is 5.90 Å². The Labute approximate surface area is 62.7 Å². The first-order valence-corrected chi connectivity index (χ1v) is 4.16. The van der Waals surface area contributed by atoms with E-state index < -0.39 is 0 Å². The molecule has 0 radical (unpaired) electrons. The Kier molecular flexibility index (Phi) is 3.16. The zero-order valence-electron chi connectivity index (χ0n) is 6.68. The smallest absolute Gasteiger partial charge is 0.0679 e. The van der Waals surface area contributed by atoms with Gasteiger partial charge in [-0.05, 0) is 37.5 Å². The number of nitrogens with two attached hydrogens (primary N) is 1. The Morgan fingerprint density at radius 3 is 2.80 bits per heavy atom. The molecule has 2 heteroatoms. The van der Waals surface area contributed by atoms with Crippen LogP contribution in [0.1, 0.15) is 32.6 Å². The maximum absolute atomic E-state index is 4.91. The van der Waals surface area contributed by atoms with E-state index >= 15 is 0 Å². The molecule has 0 heterocycles. The van der Waals surface area contributed by atoms with Gasteiger partial charge in [0.2, 0.25) is 0 Å². The molecule has 1 fully saturated rings. The average molecular weight is 143 g/mol. The summed E-state index contributed by atoms with van der Waals surface area (Å²) >= 11 is 0. The Hall–Kier alpha value is -0.0800. The van der Waals surface area contributed by atoms with Crippen molar-refractivity contribution in [2.24, 2.45) is 17.7 Å². The van der Waals surface area contributed by atoms with Gasteiger partial charge in [0.25, 0.3) is 0 Å². The lowest BCUT2D eigenvalue weighted by atomic mass is 10.0. The molecule has 0 amide bonds. The first-order chi connectivity index (χ1) is 4.84. The second-order valence-corrected chi connectivity index (χ2v) is 3.33. The number of rotatable bonds is 5. The zero-order valence-corrected chi connectivity index (χ0v) is 6.68. The summed E-state index contributed by atoms with van der Waals surface area (Å²) < 4.78 is 0. The molecular formula is C8H17NO. The van der Waals surface area contributed by atoms with Crippen LogP contribution in [0.4, 0.5) is 0 Å². The van der Waals surface area contributed by atoms with Gasteiger partial charge in [-0.1, -0.05) is 6.92 Å². The maximum atomic E-state index is 4.91. The van der Waals surface area contributed by atoms with Gasteiger partial charge < -0.3 is 4.84 Å². The summed E-state index contributed by atoms with van der Waals surface area (Å²) in [6.07, 6.45) is 5.30. The summed E-state index contributed by atoms with van der Waals surface area (Å²) in [6, 6.07) is 0. The largest absolute Gasteiger partial charge is 0.305 e. The van der Waals surface area contributed by atoms with Crippen molar-refractivity contribution in [3.8, 4) is 0 Å². The lowest BCUT2D eigenvalue weighted by Crippen LogP contribution is -2.04. The summed E-state index contributed by atoms with van der Waals surface area (Å²) in [4.78, 5) is 4.49. The molecule has 60 valence electrons. The van der Waals surface area contributed by atoms with Gasteiger partial charge in [0.15, 0.2) is 0 Å². The van der Waals surface area contributed by atoms with Crippen molar-refractivity contribution in [2.45, 2.75) is 32.6 Å². The van der Waals surface area contributed by atoms with Crippen molar-refractivity contribution >= 4 is 0 Å². The van der Waals surface area contributed by atoms with E-state index in [-0.39, 0.29) is 0 Å². The van der Waals surface area contributed by atoms with Crippen LogP contribution in [0.25, 0.3) is 0 Å². The Morgan fingerprint density at radius 1 is 1.60 bits per heavy atom. The SMILES string of the molecule is CC(CCCON)C1CC1. The van der Waals surface area contributed by atoms with Crippen LogP contribution in [-0.2, 0) is 4.84 Å². The van der Waals surface area contributed by atoms with Gasteiger partial charge >= 0.3 is 0 Å². The minimum atomic E-state index is 0.719. The van der Waals surface area contributed by atoms with Gasteiger partial charge in [-0.3, -0.25) is 0 Å². The summed E-state index contributed by atoms with van der Waals surface area (Å²) in [6.45, 7) is 3.05. The summed E-state index contributed by atoms with van der Waals surface area (Å²) in [7, 11) is 0. The standard InChI is InChI=1S/C8H17NO/c1-7(8-4-5-8)3-2-6-10-9/h7-8H,2-6,9H2,1H3. The second-order valence-electron chi connectivity index (χ2n) is 3.33. The van der Waals surface area contributed by atoms with Crippen LogP contribution in [0.5, 0.6) is 0 Å². The highest BCUT2D eigenvalue weighted by Crippen LogP contribution is 2.38. The predicted octanol–water partition coefficient (Wildman–Crippen LogP) is 1.70. The van der Waals surface area contributed by atoms with Gasteiger partial charge in [0, 0.05) is 0 Å². The summed E-state index contributed by atoms with van der Waals surface area (Å²) in [5, 5.41) is 0. The van der Waals surface area contributed by atoms with Gasteiger partial charge in [0.05, 0.1) is 6.61 Å². The fourth-order valence-corrected chi connectivity index (χ4v) is 1.39.